The molecule has 15 heavy (non-hydrogen) atoms. The highest BCUT2D eigenvalue weighted by atomic mass is 16.1. The van der Waals surface area contributed by atoms with E-state index < -0.39 is 0 Å². The van der Waals surface area contributed by atoms with Crippen molar-refractivity contribution in [3.05, 3.63) is 0 Å². The van der Waals surface area contributed by atoms with Crippen LogP contribution in [0.4, 0.5) is 0 Å². The summed E-state index contributed by atoms with van der Waals surface area (Å²) in [5.41, 5.74) is 0. The quantitative estimate of drug-likeness (QED) is 0.703. The summed E-state index contributed by atoms with van der Waals surface area (Å²) in [7, 11) is 0. The van der Waals surface area contributed by atoms with Gasteiger partial charge in [0.25, 0.3) is 0 Å². The summed E-state index contributed by atoms with van der Waals surface area (Å²) in [4.78, 5) is 11.5. The number of rotatable bonds is 6. The molecule has 0 saturated heterocycles. The van der Waals surface area contributed by atoms with Crippen molar-refractivity contribution in [3.63, 3.8) is 0 Å². The molecule has 0 bridgehead atoms. The van der Waals surface area contributed by atoms with Crippen molar-refractivity contribution >= 4 is 5.91 Å². The van der Waals surface area contributed by atoms with Crippen molar-refractivity contribution in [1.29, 1.82) is 0 Å². The van der Waals surface area contributed by atoms with Crippen LogP contribution in [-0.4, -0.2) is 25.0 Å². The van der Waals surface area contributed by atoms with Gasteiger partial charge in [0.2, 0.25) is 5.91 Å². The molecule has 1 unspecified atom stereocenters. The Balaban J connectivity index is 2.02. The molecule has 1 atom stereocenters. The van der Waals surface area contributed by atoms with Crippen molar-refractivity contribution < 1.29 is 4.79 Å². The van der Waals surface area contributed by atoms with Gasteiger partial charge in [-0.15, -0.1) is 0 Å². The maximum Gasteiger partial charge on any atom is 0.234 e. The largest absolute Gasteiger partial charge is 0.352 e. The Morgan fingerprint density at radius 2 is 2.07 bits per heavy atom. The van der Waals surface area contributed by atoms with E-state index in [1.807, 2.05) is 0 Å². The van der Waals surface area contributed by atoms with E-state index >= 15 is 0 Å². The van der Waals surface area contributed by atoms with Crippen LogP contribution in [0.1, 0.15) is 46.0 Å². The molecule has 2 N–H and O–H groups in total. The summed E-state index contributed by atoms with van der Waals surface area (Å²) in [5.74, 6) is 0.814. The lowest BCUT2D eigenvalue weighted by molar-refractivity contribution is -0.120. The molecule has 1 fully saturated rings. The molecule has 0 aromatic carbocycles. The van der Waals surface area contributed by atoms with E-state index in [1.165, 1.54) is 12.8 Å². The fraction of sp³-hybridized carbons (Fsp3) is 0.917. The van der Waals surface area contributed by atoms with E-state index in [-0.39, 0.29) is 5.91 Å². The Labute approximate surface area is 93.0 Å². The molecule has 1 amide bonds. The number of carbonyl (C=O) groups is 1. The van der Waals surface area contributed by atoms with Crippen molar-refractivity contribution in [3.8, 4) is 0 Å². The summed E-state index contributed by atoms with van der Waals surface area (Å²) >= 11 is 0. The Morgan fingerprint density at radius 1 is 1.40 bits per heavy atom. The Kier molecular flexibility index (Phi) is 5.69. The van der Waals surface area contributed by atoms with Crippen LogP contribution in [0.2, 0.25) is 0 Å². The minimum atomic E-state index is 0.158. The van der Waals surface area contributed by atoms with Gasteiger partial charge in [-0.3, -0.25) is 4.79 Å². The summed E-state index contributed by atoms with van der Waals surface area (Å²) < 4.78 is 0. The van der Waals surface area contributed by atoms with Gasteiger partial charge < -0.3 is 10.6 Å². The maximum atomic E-state index is 11.5. The van der Waals surface area contributed by atoms with Crippen LogP contribution in [0, 0.1) is 5.92 Å². The van der Waals surface area contributed by atoms with Crippen LogP contribution in [-0.2, 0) is 4.79 Å². The van der Waals surface area contributed by atoms with Crippen molar-refractivity contribution in [1.82, 2.24) is 10.6 Å². The Morgan fingerprint density at radius 3 is 2.67 bits per heavy atom. The third-order valence-corrected chi connectivity index (χ3v) is 3.20. The molecule has 0 heterocycles. The van der Waals surface area contributed by atoms with Gasteiger partial charge in [0.05, 0.1) is 6.54 Å². The average molecular weight is 212 g/mol. The molecule has 0 aromatic rings. The third-order valence-electron chi connectivity index (χ3n) is 3.20. The van der Waals surface area contributed by atoms with Gasteiger partial charge in [-0.2, -0.15) is 0 Å². The van der Waals surface area contributed by atoms with Crippen molar-refractivity contribution in [2.24, 2.45) is 5.92 Å². The second-order valence-corrected chi connectivity index (χ2v) is 4.69. The lowest BCUT2D eigenvalue weighted by atomic mass is 10.1. The van der Waals surface area contributed by atoms with Gasteiger partial charge in [-0.1, -0.05) is 33.1 Å². The molecule has 0 aliphatic heterocycles. The first kappa shape index (κ1) is 12.5. The molecule has 1 saturated carbocycles. The average Bonchev–Trinajstić information content (AvgIpc) is 2.70. The lowest BCUT2D eigenvalue weighted by Crippen LogP contribution is -2.40. The van der Waals surface area contributed by atoms with E-state index in [0.717, 1.165) is 25.8 Å². The monoisotopic (exact) mass is 212 g/mol. The van der Waals surface area contributed by atoms with Crippen molar-refractivity contribution in [2.45, 2.75) is 52.0 Å². The molecule has 1 aliphatic rings. The zero-order valence-corrected chi connectivity index (χ0v) is 10.0. The van der Waals surface area contributed by atoms with Crippen LogP contribution >= 0.6 is 0 Å². The zero-order chi connectivity index (χ0) is 11.1. The van der Waals surface area contributed by atoms with Gasteiger partial charge >= 0.3 is 0 Å². The molecular weight excluding hydrogens is 188 g/mol. The predicted octanol–water partition coefficient (Wildman–Crippen LogP) is 1.68. The minimum Gasteiger partial charge on any atom is -0.352 e. The smallest absolute Gasteiger partial charge is 0.234 e. The zero-order valence-electron chi connectivity index (χ0n) is 10.0. The highest BCUT2D eigenvalue weighted by molar-refractivity contribution is 5.78. The van der Waals surface area contributed by atoms with Crippen LogP contribution < -0.4 is 10.6 Å². The predicted molar refractivity (Wildman–Crippen MR) is 62.7 cm³/mol. The van der Waals surface area contributed by atoms with Gasteiger partial charge in [0, 0.05) is 6.04 Å². The highest BCUT2D eigenvalue weighted by Crippen LogP contribution is 2.17. The van der Waals surface area contributed by atoms with E-state index in [1.54, 1.807) is 0 Å². The minimum absolute atomic E-state index is 0.158. The van der Waals surface area contributed by atoms with E-state index in [2.05, 4.69) is 24.5 Å². The lowest BCUT2D eigenvalue weighted by Gasteiger charge is -2.13. The SMILES string of the molecule is CCC(C)CNCC(=O)NC1CCCC1. The van der Waals surface area contributed by atoms with Crippen LogP contribution in [0.15, 0.2) is 0 Å². The third kappa shape index (κ3) is 5.17. The van der Waals surface area contributed by atoms with Gasteiger partial charge in [0.15, 0.2) is 0 Å². The number of amides is 1. The highest BCUT2D eigenvalue weighted by Gasteiger charge is 2.16. The molecule has 1 aliphatic carbocycles. The first-order valence-electron chi connectivity index (χ1n) is 6.22. The Bertz CT molecular complexity index is 188. The van der Waals surface area contributed by atoms with E-state index in [0.29, 0.717) is 18.5 Å². The van der Waals surface area contributed by atoms with E-state index in [9.17, 15) is 4.79 Å². The summed E-state index contributed by atoms with van der Waals surface area (Å²) in [6.07, 6.45) is 6.03. The molecule has 88 valence electrons. The van der Waals surface area contributed by atoms with Gasteiger partial charge in [-0.05, 0) is 25.3 Å². The topological polar surface area (TPSA) is 41.1 Å². The molecular formula is C12H24N2O. The number of carbonyl (C=O) groups excluding carboxylic acids is 1. The second-order valence-electron chi connectivity index (χ2n) is 4.69. The fourth-order valence-electron chi connectivity index (χ4n) is 1.93. The Hall–Kier alpha value is -0.570. The molecule has 3 nitrogen and oxygen atoms in total. The maximum absolute atomic E-state index is 11.5. The first-order chi connectivity index (χ1) is 7.22. The van der Waals surface area contributed by atoms with Gasteiger partial charge in [0.1, 0.15) is 0 Å². The van der Waals surface area contributed by atoms with Crippen molar-refractivity contribution in [2.75, 3.05) is 13.1 Å². The molecule has 1 rings (SSSR count). The van der Waals surface area contributed by atoms with Gasteiger partial charge in [-0.25, -0.2) is 0 Å². The summed E-state index contributed by atoms with van der Waals surface area (Å²) in [6, 6.07) is 0.447. The standard InChI is InChI=1S/C12H24N2O/c1-3-10(2)8-13-9-12(15)14-11-6-4-5-7-11/h10-11,13H,3-9H2,1-2H3,(H,14,15). The normalized spacial score (nSPS) is 19.1. The fourth-order valence-corrected chi connectivity index (χ4v) is 1.93. The number of hydrogen-bond donors (Lipinski definition) is 2. The molecule has 0 radical (unpaired) electrons. The van der Waals surface area contributed by atoms with E-state index in [4.69, 9.17) is 0 Å². The summed E-state index contributed by atoms with van der Waals surface area (Å²) in [5, 5.41) is 6.27. The van der Waals surface area contributed by atoms with Crippen LogP contribution in [0.3, 0.4) is 0 Å². The number of hydrogen-bond acceptors (Lipinski definition) is 2. The first-order valence-corrected chi connectivity index (χ1v) is 6.22. The molecule has 3 heteroatoms. The molecule has 0 spiro atoms. The summed E-state index contributed by atoms with van der Waals surface area (Å²) in [6.45, 7) is 5.78. The number of nitrogens with one attached hydrogen (secondary N) is 2. The van der Waals surface area contributed by atoms with Crippen LogP contribution in [0.25, 0.3) is 0 Å². The molecule has 0 aromatic heterocycles. The van der Waals surface area contributed by atoms with Crippen LogP contribution in [0.5, 0.6) is 0 Å². The second kappa shape index (κ2) is 6.83.